The largest absolute Gasteiger partial charge is 0.376 e. The molecule has 7 heteroatoms. The third-order valence-electron chi connectivity index (χ3n) is 4.51. The van der Waals surface area contributed by atoms with E-state index in [0.717, 1.165) is 30.8 Å². The quantitative estimate of drug-likeness (QED) is 0.777. The monoisotopic (exact) mass is 367 g/mol. The van der Waals surface area contributed by atoms with Crippen molar-refractivity contribution in [3.05, 3.63) is 23.8 Å². The van der Waals surface area contributed by atoms with Crippen LogP contribution < -0.4 is 10.0 Å². The molecule has 0 bridgehead atoms. The average Bonchev–Trinajstić information content (AvgIpc) is 2.55. The van der Waals surface area contributed by atoms with Gasteiger partial charge in [-0.05, 0) is 49.8 Å². The molecule has 1 fully saturated rings. The predicted molar refractivity (Wildman–Crippen MR) is 102 cm³/mol. The highest BCUT2D eigenvalue weighted by Gasteiger charge is 2.20. The minimum Gasteiger partial charge on any atom is -0.376 e. The standard InChI is InChI=1S/C18H29N3O3S/c1-4-11-25(23,24)20-17-9-5-8-16(15(17)3)19-12-18(22)21-10-6-7-14(2)13-21/h5,8-9,14,19-20H,4,6-7,10-13H2,1-3H3/t14-/m1/s1. The van der Waals surface area contributed by atoms with Crippen LogP contribution in [0.1, 0.15) is 38.7 Å². The number of nitrogens with zero attached hydrogens (tertiary/aromatic N) is 1. The van der Waals surface area contributed by atoms with Crippen molar-refractivity contribution in [2.24, 2.45) is 5.92 Å². The first kappa shape index (κ1) is 19.6. The molecule has 2 rings (SSSR count). The predicted octanol–water partition coefficient (Wildman–Crippen LogP) is 2.82. The zero-order valence-corrected chi connectivity index (χ0v) is 16.2. The third kappa shape index (κ3) is 5.63. The van der Waals surface area contributed by atoms with Gasteiger partial charge in [-0.3, -0.25) is 9.52 Å². The van der Waals surface area contributed by atoms with Gasteiger partial charge in [0.1, 0.15) is 0 Å². The molecule has 0 saturated carbocycles. The van der Waals surface area contributed by atoms with Crippen LogP contribution in [-0.2, 0) is 14.8 Å². The molecule has 1 aliphatic heterocycles. The molecule has 1 heterocycles. The van der Waals surface area contributed by atoms with Gasteiger partial charge in [0, 0.05) is 18.8 Å². The van der Waals surface area contributed by atoms with Crippen LogP contribution in [0.2, 0.25) is 0 Å². The van der Waals surface area contributed by atoms with Crippen LogP contribution >= 0.6 is 0 Å². The van der Waals surface area contributed by atoms with E-state index in [1.165, 1.54) is 6.42 Å². The van der Waals surface area contributed by atoms with Gasteiger partial charge in [-0.2, -0.15) is 0 Å². The Morgan fingerprint density at radius 2 is 2.04 bits per heavy atom. The lowest BCUT2D eigenvalue weighted by molar-refractivity contribution is -0.130. The molecule has 25 heavy (non-hydrogen) atoms. The van der Waals surface area contributed by atoms with Crippen molar-refractivity contribution in [1.29, 1.82) is 0 Å². The summed E-state index contributed by atoms with van der Waals surface area (Å²) in [5, 5.41) is 3.16. The smallest absolute Gasteiger partial charge is 0.241 e. The molecule has 1 aromatic rings. The normalized spacial score (nSPS) is 18.0. The SMILES string of the molecule is CCCS(=O)(=O)Nc1cccc(NCC(=O)N2CCC[C@@H](C)C2)c1C. The Kier molecular flexibility index (Phi) is 6.70. The van der Waals surface area contributed by atoms with Crippen molar-refractivity contribution < 1.29 is 13.2 Å². The summed E-state index contributed by atoms with van der Waals surface area (Å²) >= 11 is 0. The number of piperidine rings is 1. The maximum Gasteiger partial charge on any atom is 0.241 e. The van der Waals surface area contributed by atoms with Crippen molar-refractivity contribution in [1.82, 2.24) is 4.90 Å². The first-order valence-electron chi connectivity index (χ1n) is 8.94. The molecule has 0 radical (unpaired) electrons. The Morgan fingerprint density at radius 3 is 2.72 bits per heavy atom. The van der Waals surface area contributed by atoms with E-state index in [0.29, 0.717) is 18.0 Å². The van der Waals surface area contributed by atoms with E-state index in [1.54, 1.807) is 12.1 Å². The number of hydrogen-bond donors (Lipinski definition) is 2. The molecular weight excluding hydrogens is 338 g/mol. The number of carbonyl (C=O) groups excluding carboxylic acids is 1. The van der Waals surface area contributed by atoms with Crippen molar-refractivity contribution in [2.45, 2.75) is 40.0 Å². The topological polar surface area (TPSA) is 78.5 Å². The number of sulfonamides is 1. The van der Waals surface area contributed by atoms with Crippen LogP contribution in [0.4, 0.5) is 11.4 Å². The summed E-state index contributed by atoms with van der Waals surface area (Å²) in [6.45, 7) is 7.70. The Balaban J connectivity index is 2.00. The van der Waals surface area contributed by atoms with E-state index in [4.69, 9.17) is 0 Å². The number of rotatable bonds is 7. The zero-order chi connectivity index (χ0) is 18.4. The van der Waals surface area contributed by atoms with Crippen LogP contribution in [-0.4, -0.2) is 44.6 Å². The van der Waals surface area contributed by atoms with Gasteiger partial charge < -0.3 is 10.2 Å². The molecule has 0 aromatic heterocycles. The molecule has 0 spiro atoms. The molecule has 6 nitrogen and oxygen atoms in total. The average molecular weight is 368 g/mol. The number of likely N-dealkylation sites (tertiary alicyclic amines) is 1. The lowest BCUT2D eigenvalue weighted by Gasteiger charge is -2.31. The zero-order valence-electron chi connectivity index (χ0n) is 15.3. The maximum absolute atomic E-state index is 12.4. The number of carbonyl (C=O) groups is 1. The summed E-state index contributed by atoms with van der Waals surface area (Å²) in [6.07, 6.45) is 2.80. The number of amides is 1. The fraction of sp³-hybridized carbons (Fsp3) is 0.611. The molecule has 1 atom stereocenters. The maximum atomic E-state index is 12.4. The summed E-state index contributed by atoms with van der Waals surface area (Å²) in [4.78, 5) is 14.3. The first-order chi connectivity index (χ1) is 11.8. The lowest BCUT2D eigenvalue weighted by atomic mass is 10.0. The second-order valence-corrected chi connectivity index (χ2v) is 8.68. The Bertz CT molecular complexity index is 704. The van der Waals surface area contributed by atoms with Crippen molar-refractivity contribution in [3.8, 4) is 0 Å². The fourth-order valence-corrected chi connectivity index (χ4v) is 4.32. The minimum atomic E-state index is -3.33. The fourth-order valence-electron chi connectivity index (χ4n) is 3.12. The Labute approximate surface area is 151 Å². The molecule has 1 amide bonds. The molecule has 2 N–H and O–H groups in total. The highest BCUT2D eigenvalue weighted by molar-refractivity contribution is 7.92. The van der Waals surface area contributed by atoms with Crippen LogP contribution in [0.15, 0.2) is 18.2 Å². The second kappa shape index (κ2) is 8.56. The Hall–Kier alpha value is -1.76. The van der Waals surface area contributed by atoms with Crippen LogP contribution in [0.5, 0.6) is 0 Å². The van der Waals surface area contributed by atoms with Crippen molar-refractivity contribution >= 4 is 27.3 Å². The molecule has 0 aliphatic carbocycles. The first-order valence-corrected chi connectivity index (χ1v) is 10.6. The molecule has 1 aromatic carbocycles. The molecule has 1 saturated heterocycles. The number of benzene rings is 1. The van der Waals surface area contributed by atoms with Gasteiger partial charge in [0.25, 0.3) is 0 Å². The minimum absolute atomic E-state index is 0.0860. The summed E-state index contributed by atoms with van der Waals surface area (Å²) < 4.78 is 26.6. The van der Waals surface area contributed by atoms with E-state index >= 15 is 0 Å². The summed E-state index contributed by atoms with van der Waals surface area (Å²) in [5.74, 6) is 0.731. The lowest BCUT2D eigenvalue weighted by Crippen LogP contribution is -2.42. The molecule has 140 valence electrons. The van der Waals surface area contributed by atoms with Gasteiger partial charge in [-0.15, -0.1) is 0 Å². The second-order valence-electron chi connectivity index (χ2n) is 6.84. The Morgan fingerprint density at radius 1 is 1.32 bits per heavy atom. The third-order valence-corrected chi connectivity index (χ3v) is 5.99. The van der Waals surface area contributed by atoms with Gasteiger partial charge in [0.15, 0.2) is 0 Å². The number of nitrogens with one attached hydrogen (secondary N) is 2. The van der Waals surface area contributed by atoms with Crippen molar-refractivity contribution in [2.75, 3.05) is 35.4 Å². The van der Waals surface area contributed by atoms with E-state index in [1.807, 2.05) is 24.8 Å². The number of hydrogen-bond acceptors (Lipinski definition) is 4. The van der Waals surface area contributed by atoms with Gasteiger partial charge in [-0.25, -0.2) is 8.42 Å². The van der Waals surface area contributed by atoms with Crippen molar-refractivity contribution in [3.63, 3.8) is 0 Å². The summed E-state index contributed by atoms with van der Waals surface area (Å²) in [5.41, 5.74) is 2.12. The molecule has 0 unspecified atom stereocenters. The van der Waals surface area contributed by atoms with Gasteiger partial charge in [-0.1, -0.05) is 19.9 Å². The highest BCUT2D eigenvalue weighted by Crippen LogP contribution is 2.24. The number of anilines is 2. The van der Waals surface area contributed by atoms with Gasteiger partial charge in [0.2, 0.25) is 15.9 Å². The van der Waals surface area contributed by atoms with E-state index < -0.39 is 10.0 Å². The highest BCUT2D eigenvalue weighted by atomic mass is 32.2. The van der Waals surface area contributed by atoms with Gasteiger partial charge in [0.05, 0.1) is 18.0 Å². The van der Waals surface area contributed by atoms with E-state index in [9.17, 15) is 13.2 Å². The van der Waals surface area contributed by atoms with Crippen LogP contribution in [0.25, 0.3) is 0 Å². The molecular formula is C18H29N3O3S. The molecule has 1 aliphatic rings. The summed E-state index contributed by atoms with van der Waals surface area (Å²) in [6, 6.07) is 5.38. The summed E-state index contributed by atoms with van der Waals surface area (Å²) in [7, 11) is -3.33. The van der Waals surface area contributed by atoms with Crippen LogP contribution in [0, 0.1) is 12.8 Å². The van der Waals surface area contributed by atoms with Gasteiger partial charge >= 0.3 is 0 Å². The van der Waals surface area contributed by atoms with E-state index in [2.05, 4.69) is 17.0 Å². The van der Waals surface area contributed by atoms with Crippen LogP contribution in [0.3, 0.4) is 0 Å². The van der Waals surface area contributed by atoms with E-state index in [-0.39, 0.29) is 18.2 Å².